The third-order valence-corrected chi connectivity index (χ3v) is 2.08. The number of nitrogens with zero attached hydrogens (tertiary/aromatic N) is 2. The molecular weight excluding hydrogens is 192 g/mol. The number of aromatic nitrogens is 2. The second kappa shape index (κ2) is 4.18. The summed E-state index contributed by atoms with van der Waals surface area (Å²) in [6.07, 6.45) is 1.88. The number of rotatable bonds is 4. The number of anilines is 1. The first-order valence-corrected chi connectivity index (χ1v) is 4.79. The molecule has 0 saturated carbocycles. The molecule has 0 bridgehead atoms. The number of hydrogen-bond donors (Lipinski definition) is 2. The summed E-state index contributed by atoms with van der Waals surface area (Å²) in [5, 5.41) is 7.34. The molecular formula is C10H14N4O. The van der Waals surface area contributed by atoms with Crippen molar-refractivity contribution in [3.63, 3.8) is 0 Å². The molecule has 80 valence electrons. The second-order valence-corrected chi connectivity index (χ2v) is 3.30. The van der Waals surface area contributed by atoms with Gasteiger partial charge in [0.15, 0.2) is 0 Å². The van der Waals surface area contributed by atoms with Crippen LogP contribution in [-0.2, 0) is 20.1 Å². The number of nitrogens with one attached hydrogen (secondary N) is 1. The largest absolute Gasteiger partial charge is 0.463 e. The lowest BCUT2D eigenvalue weighted by atomic mass is 10.4. The van der Waals surface area contributed by atoms with Gasteiger partial charge in [-0.05, 0) is 12.1 Å². The fourth-order valence-corrected chi connectivity index (χ4v) is 1.31. The smallest absolute Gasteiger partial charge is 0.148 e. The number of aryl methyl sites for hydroxylation is 1. The minimum absolute atomic E-state index is 0.434. The zero-order valence-corrected chi connectivity index (χ0v) is 8.60. The Morgan fingerprint density at radius 3 is 2.80 bits per heavy atom. The monoisotopic (exact) mass is 206 g/mol. The van der Waals surface area contributed by atoms with Crippen molar-refractivity contribution in [2.24, 2.45) is 12.8 Å². The molecule has 5 heteroatoms. The maximum atomic E-state index is 5.44. The van der Waals surface area contributed by atoms with Gasteiger partial charge in [-0.25, -0.2) is 0 Å². The van der Waals surface area contributed by atoms with Crippen LogP contribution in [0.3, 0.4) is 0 Å². The van der Waals surface area contributed by atoms with Crippen LogP contribution in [0.5, 0.6) is 0 Å². The summed E-state index contributed by atoms with van der Waals surface area (Å²) in [7, 11) is 1.88. The maximum absolute atomic E-state index is 5.44. The molecule has 0 amide bonds. The Kier molecular flexibility index (Phi) is 2.73. The Morgan fingerprint density at radius 2 is 2.20 bits per heavy atom. The number of hydrogen-bond acceptors (Lipinski definition) is 4. The molecule has 0 unspecified atom stereocenters. The standard InChI is InChI=1S/C10H14N4O/c1-14-5-4-10(13-14)12-7-9-3-2-8(6-11)15-9/h2-5H,6-7,11H2,1H3,(H,12,13). The van der Waals surface area contributed by atoms with Gasteiger partial charge in [0, 0.05) is 19.3 Å². The van der Waals surface area contributed by atoms with E-state index in [9.17, 15) is 0 Å². The van der Waals surface area contributed by atoms with E-state index < -0.39 is 0 Å². The van der Waals surface area contributed by atoms with Gasteiger partial charge < -0.3 is 15.5 Å². The Hall–Kier alpha value is -1.75. The van der Waals surface area contributed by atoms with E-state index >= 15 is 0 Å². The highest BCUT2D eigenvalue weighted by Gasteiger charge is 2.01. The molecule has 0 aliphatic rings. The summed E-state index contributed by atoms with van der Waals surface area (Å²) in [6, 6.07) is 5.71. The highest BCUT2D eigenvalue weighted by molar-refractivity contribution is 5.32. The van der Waals surface area contributed by atoms with E-state index in [1.165, 1.54) is 0 Å². The summed E-state index contributed by atoms with van der Waals surface area (Å²) < 4.78 is 7.19. The van der Waals surface area contributed by atoms with Crippen molar-refractivity contribution >= 4 is 5.82 Å². The third kappa shape index (κ3) is 2.38. The van der Waals surface area contributed by atoms with Crippen LogP contribution >= 0.6 is 0 Å². The Morgan fingerprint density at radius 1 is 1.40 bits per heavy atom. The lowest BCUT2D eigenvalue weighted by molar-refractivity contribution is 0.473. The van der Waals surface area contributed by atoms with E-state index in [0.29, 0.717) is 13.1 Å². The first kappa shape index (κ1) is 9.79. The van der Waals surface area contributed by atoms with Gasteiger partial charge in [0.2, 0.25) is 0 Å². The molecule has 2 heterocycles. The van der Waals surface area contributed by atoms with Crippen molar-refractivity contribution < 1.29 is 4.42 Å². The van der Waals surface area contributed by atoms with Gasteiger partial charge >= 0.3 is 0 Å². The SMILES string of the molecule is Cn1ccc(NCc2ccc(CN)o2)n1. The first-order valence-electron chi connectivity index (χ1n) is 4.79. The van der Waals surface area contributed by atoms with E-state index in [1.54, 1.807) is 4.68 Å². The average molecular weight is 206 g/mol. The van der Waals surface area contributed by atoms with Gasteiger partial charge in [0.1, 0.15) is 17.3 Å². The molecule has 0 fully saturated rings. The highest BCUT2D eigenvalue weighted by Crippen LogP contribution is 2.09. The van der Waals surface area contributed by atoms with Crippen molar-refractivity contribution in [1.82, 2.24) is 9.78 Å². The van der Waals surface area contributed by atoms with E-state index in [0.717, 1.165) is 17.3 Å². The van der Waals surface area contributed by atoms with Gasteiger partial charge in [-0.3, -0.25) is 4.68 Å². The van der Waals surface area contributed by atoms with Gasteiger partial charge in [-0.15, -0.1) is 0 Å². The van der Waals surface area contributed by atoms with Crippen LogP contribution < -0.4 is 11.1 Å². The average Bonchev–Trinajstić information content (AvgIpc) is 2.83. The van der Waals surface area contributed by atoms with Crippen molar-refractivity contribution in [3.8, 4) is 0 Å². The first-order chi connectivity index (χ1) is 7.28. The third-order valence-electron chi connectivity index (χ3n) is 2.08. The zero-order valence-electron chi connectivity index (χ0n) is 8.60. The molecule has 0 aliphatic carbocycles. The zero-order chi connectivity index (χ0) is 10.7. The molecule has 0 spiro atoms. The molecule has 2 rings (SSSR count). The van der Waals surface area contributed by atoms with E-state index in [4.69, 9.17) is 10.2 Å². The fourth-order valence-electron chi connectivity index (χ4n) is 1.31. The maximum Gasteiger partial charge on any atom is 0.148 e. The van der Waals surface area contributed by atoms with Crippen LogP contribution in [0.1, 0.15) is 11.5 Å². The molecule has 15 heavy (non-hydrogen) atoms. The molecule has 0 aromatic carbocycles. The lowest BCUT2D eigenvalue weighted by Crippen LogP contribution is -2.00. The molecule has 0 saturated heterocycles. The van der Waals surface area contributed by atoms with E-state index in [1.807, 2.05) is 31.4 Å². The van der Waals surface area contributed by atoms with E-state index in [-0.39, 0.29) is 0 Å². The van der Waals surface area contributed by atoms with Crippen molar-refractivity contribution in [2.75, 3.05) is 5.32 Å². The minimum Gasteiger partial charge on any atom is -0.463 e. The van der Waals surface area contributed by atoms with Crippen LogP contribution in [0, 0.1) is 0 Å². The predicted molar refractivity (Wildman–Crippen MR) is 57.1 cm³/mol. The molecule has 5 nitrogen and oxygen atoms in total. The van der Waals surface area contributed by atoms with Crippen molar-refractivity contribution in [1.29, 1.82) is 0 Å². The Labute approximate surface area is 87.9 Å². The van der Waals surface area contributed by atoms with Gasteiger partial charge in [-0.2, -0.15) is 5.10 Å². The van der Waals surface area contributed by atoms with Crippen LogP contribution in [0.2, 0.25) is 0 Å². The Balaban J connectivity index is 1.93. The molecule has 0 aliphatic heterocycles. The number of nitrogens with two attached hydrogens (primary N) is 1. The van der Waals surface area contributed by atoms with Gasteiger partial charge in [0.25, 0.3) is 0 Å². The minimum atomic E-state index is 0.434. The molecule has 0 radical (unpaired) electrons. The van der Waals surface area contributed by atoms with E-state index in [2.05, 4.69) is 10.4 Å². The predicted octanol–water partition coefficient (Wildman–Crippen LogP) is 1.08. The second-order valence-electron chi connectivity index (χ2n) is 3.30. The Bertz CT molecular complexity index is 432. The van der Waals surface area contributed by atoms with Crippen molar-refractivity contribution in [2.45, 2.75) is 13.1 Å². The summed E-state index contributed by atoms with van der Waals surface area (Å²) >= 11 is 0. The molecule has 2 aromatic heterocycles. The molecule has 3 N–H and O–H groups in total. The van der Waals surface area contributed by atoms with Crippen LogP contribution in [0.15, 0.2) is 28.8 Å². The van der Waals surface area contributed by atoms with Crippen LogP contribution in [-0.4, -0.2) is 9.78 Å². The molecule has 0 atom stereocenters. The van der Waals surface area contributed by atoms with Crippen molar-refractivity contribution in [3.05, 3.63) is 35.9 Å². The van der Waals surface area contributed by atoms with Crippen LogP contribution in [0.4, 0.5) is 5.82 Å². The normalized spacial score (nSPS) is 10.5. The quantitative estimate of drug-likeness (QED) is 0.785. The molecule has 2 aromatic rings. The fraction of sp³-hybridized carbons (Fsp3) is 0.300. The lowest BCUT2D eigenvalue weighted by Gasteiger charge is -1.99. The summed E-state index contributed by atoms with van der Waals surface area (Å²) in [5.74, 6) is 2.50. The number of furan rings is 1. The highest BCUT2D eigenvalue weighted by atomic mass is 16.3. The summed E-state index contributed by atoms with van der Waals surface area (Å²) in [5.41, 5.74) is 5.44. The summed E-state index contributed by atoms with van der Waals surface area (Å²) in [4.78, 5) is 0. The topological polar surface area (TPSA) is 69.0 Å². The van der Waals surface area contributed by atoms with Gasteiger partial charge in [-0.1, -0.05) is 0 Å². The van der Waals surface area contributed by atoms with Gasteiger partial charge in [0.05, 0.1) is 13.1 Å². The summed E-state index contributed by atoms with van der Waals surface area (Å²) in [6.45, 7) is 1.06. The van der Waals surface area contributed by atoms with Crippen LogP contribution in [0.25, 0.3) is 0 Å².